The molecule has 0 N–H and O–H groups in total. The predicted molar refractivity (Wildman–Crippen MR) is 11.2 cm³/mol. The van der Waals surface area contributed by atoms with Crippen LogP contribution in [0.3, 0.4) is 0 Å². The summed E-state index contributed by atoms with van der Waals surface area (Å²) in [4.78, 5) is 0. The Labute approximate surface area is 54.7 Å². The molecule has 6 heavy (non-hydrogen) atoms. The van der Waals surface area contributed by atoms with Crippen LogP contribution in [0.15, 0.2) is 0 Å². The molecule has 0 fully saturated rings. The molecule has 0 saturated carbocycles. The smallest absolute Gasteiger partial charge is 0 e. The van der Waals surface area contributed by atoms with Crippen molar-refractivity contribution >= 4 is 0 Å². The van der Waals surface area contributed by atoms with Gasteiger partial charge in [-0.15, -0.1) is 0 Å². The number of nitrogens with zero attached hydrogens (tertiary/aromatic N) is 2. The first-order chi connectivity index (χ1) is 2.41. The van der Waals surface area contributed by atoms with Gasteiger partial charge in [0.05, 0.1) is 0 Å². The van der Waals surface area contributed by atoms with Crippen molar-refractivity contribution in [1.82, 2.24) is 0 Å². The first-order valence-electron chi connectivity index (χ1n) is 0.763. The number of hydrogen-bond donors (Lipinski definition) is 0. The van der Waals surface area contributed by atoms with Crippen molar-refractivity contribution in [3.8, 4) is 10.1 Å². The fourth-order valence-electron chi connectivity index (χ4n) is 0.0158. The average Bonchev–Trinajstić information content (AvgIpc) is 1.41. The summed E-state index contributed by atoms with van der Waals surface area (Å²) in [6.07, 6.45) is 0. The van der Waals surface area contributed by atoms with Crippen LogP contribution in [0.25, 0.3) is 0 Å². The Bertz CT molecular complexity index is 76.7. The standard InChI is InChI=1S/2CN.Ni.Zn/c2*1-2;;. The Kier molecular flexibility index (Phi) is 14.0. The SMILES string of the molecule is N#[C][Ni][C]#N.[Zn]. The molecule has 30 valence electrons. The van der Waals surface area contributed by atoms with Crippen molar-refractivity contribution in [2.24, 2.45) is 0 Å². The molecule has 0 aromatic rings. The molecule has 0 aromatic heterocycles. The number of nitriles is 2. The van der Waals surface area contributed by atoms with Crippen LogP contribution in [-0.4, -0.2) is 0 Å². The number of rotatable bonds is 0. The number of hydrogen-bond acceptors (Lipinski definition) is 2. The molecule has 0 unspecified atom stereocenters. The molecule has 0 radical (unpaired) electrons. The summed E-state index contributed by atoms with van der Waals surface area (Å²) >= 11 is 0.431. The Balaban J connectivity index is 0. The van der Waals surface area contributed by atoms with E-state index in [4.69, 9.17) is 10.5 Å². The maximum Gasteiger partial charge on any atom is 0 e. The molecule has 2 nitrogen and oxygen atoms in total. The molecular formula is C2N2NiZn. The van der Waals surface area contributed by atoms with Crippen molar-refractivity contribution < 1.29 is 33.9 Å². The minimum Gasteiger partial charge on any atom is 0 e. The zero-order chi connectivity index (χ0) is 4.12. The van der Waals surface area contributed by atoms with Crippen LogP contribution in [-0.2, 0) is 33.9 Å². The molecule has 0 amide bonds. The van der Waals surface area contributed by atoms with E-state index in [9.17, 15) is 0 Å². The van der Waals surface area contributed by atoms with Gasteiger partial charge in [-0.2, -0.15) is 0 Å². The van der Waals surface area contributed by atoms with Crippen molar-refractivity contribution in [3.05, 3.63) is 0 Å². The predicted octanol–water partition coefficient (Wildman–Crippen LogP) is 0.0286. The van der Waals surface area contributed by atoms with Gasteiger partial charge >= 0.3 is 35.0 Å². The van der Waals surface area contributed by atoms with Crippen LogP contribution in [0.1, 0.15) is 0 Å². The maximum absolute atomic E-state index is 7.57. The second kappa shape index (κ2) is 8.92. The van der Waals surface area contributed by atoms with E-state index >= 15 is 0 Å². The topological polar surface area (TPSA) is 47.6 Å². The third-order valence-corrected chi connectivity index (χ3v) is 0.292. The molecular weight excluding hydrogens is 176 g/mol. The summed E-state index contributed by atoms with van der Waals surface area (Å²) in [6.45, 7) is 0. The van der Waals surface area contributed by atoms with Crippen LogP contribution in [0.4, 0.5) is 0 Å². The van der Waals surface area contributed by atoms with Crippen LogP contribution in [0.2, 0.25) is 0 Å². The van der Waals surface area contributed by atoms with Gasteiger partial charge in [0, 0.05) is 19.5 Å². The van der Waals surface area contributed by atoms with E-state index in [0.29, 0.717) is 14.4 Å². The van der Waals surface area contributed by atoms with Crippen molar-refractivity contribution in [3.63, 3.8) is 0 Å². The molecule has 0 bridgehead atoms. The van der Waals surface area contributed by atoms with Gasteiger partial charge in [-0.1, -0.05) is 0 Å². The van der Waals surface area contributed by atoms with E-state index < -0.39 is 0 Å². The fraction of sp³-hybridized carbons (Fsp3) is 0. The Morgan fingerprint density at radius 1 is 1.17 bits per heavy atom. The summed E-state index contributed by atoms with van der Waals surface area (Å²) in [6, 6.07) is 0. The van der Waals surface area contributed by atoms with Crippen LogP contribution in [0, 0.1) is 20.6 Å². The van der Waals surface area contributed by atoms with E-state index in [1.54, 1.807) is 10.1 Å². The van der Waals surface area contributed by atoms with Gasteiger partial charge in [-0.25, -0.2) is 0 Å². The fourth-order valence-corrected chi connectivity index (χ4v) is 0.0652. The quantitative estimate of drug-likeness (QED) is 0.489. The minimum absolute atomic E-state index is 0. The largest absolute Gasteiger partial charge is 0 e. The van der Waals surface area contributed by atoms with Gasteiger partial charge in [-0.3, -0.25) is 0 Å². The molecule has 0 heterocycles. The van der Waals surface area contributed by atoms with Crippen molar-refractivity contribution in [1.29, 1.82) is 10.5 Å². The molecule has 0 atom stereocenters. The third kappa shape index (κ3) is 8.94. The Morgan fingerprint density at radius 3 is 1.50 bits per heavy atom. The van der Waals surface area contributed by atoms with Gasteiger partial charge in [0.25, 0.3) is 0 Å². The van der Waals surface area contributed by atoms with E-state index in [-0.39, 0.29) is 19.5 Å². The zero-order valence-electron chi connectivity index (χ0n) is 2.92. The first-order valence-corrected chi connectivity index (χ1v) is 1.75. The van der Waals surface area contributed by atoms with Crippen molar-refractivity contribution in [2.75, 3.05) is 0 Å². The molecule has 0 aromatic carbocycles. The second-order valence-corrected chi connectivity index (χ2v) is 0.909. The normalized spacial score (nSPS) is 4.33. The van der Waals surface area contributed by atoms with E-state index in [1.165, 1.54) is 0 Å². The Hall–Kier alpha value is 0.0969. The van der Waals surface area contributed by atoms with E-state index in [1.807, 2.05) is 0 Å². The van der Waals surface area contributed by atoms with Gasteiger partial charge < -0.3 is 0 Å². The summed E-state index contributed by atoms with van der Waals surface area (Å²) in [5.41, 5.74) is 0. The summed E-state index contributed by atoms with van der Waals surface area (Å²) < 4.78 is 0. The molecule has 0 aliphatic heterocycles. The van der Waals surface area contributed by atoms with Crippen LogP contribution < -0.4 is 0 Å². The molecule has 0 aliphatic carbocycles. The Morgan fingerprint density at radius 2 is 1.50 bits per heavy atom. The van der Waals surface area contributed by atoms with Gasteiger partial charge in [0.15, 0.2) is 0 Å². The molecule has 0 aliphatic rings. The summed E-state index contributed by atoms with van der Waals surface area (Å²) in [5.74, 6) is 0. The molecule has 0 spiro atoms. The van der Waals surface area contributed by atoms with Gasteiger partial charge in [0.1, 0.15) is 0 Å². The van der Waals surface area contributed by atoms with E-state index in [0.717, 1.165) is 0 Å². The van der Waals surface area contributed by atoms with Crippen LogP contribution in [0.5, 0.6) is 0 Å². The first kappa shape index (κ1) is 9.44. The molecule has 4 heteroatoms. The molecule has 0 saturated heterocycles. The summed E-state index contributed by atoms with van der Waals surface area (Å²) in [5, 5.41) is 18.3. The maximum atomic E-state index is 7.57. The minimum atomic E-state index is 0. The van der Waals surface area contributed by atoms with Crippen molar-refractivity contribution in [2.45, 2.75) is 0 Å². The average molecular weight is 176 g/mol. The molecule has 0 rings (SSSR count). The third-order valence-electron chi connectivity index (χ3n) is 0.0707. The monoisotopic (exact) mass is 174 g/mol. The summed E-state index contributed by atoms with van der Waals surface area (Å²) in [7, 11) is 0. The van der Waals surface area contributed by atoms with E-state index in [2.05, 4.69) is 0 Å². The zero-order valence-corrected chi connectivity index (χ0v) is 6.87. The van der Waals surface area contributed by atoms with Crippen LogP contribution >= 0.6 is 0 Å². The van der Waals surface area contributed by atoms with Gasteiger partial charge in [-0.05, 0) is 0 Å². The van der Waals surface area contributed by atoms with Gasteiger partial charge in [0.2, 0.25) is 0 Å². The second-order valence-electron chi connectivity index (χ2n) is 0.220.